The first-order valence-corrected chi connectivity index (χ1v) is 10.1. The largest absolute Gasteiger partial charge is 0.336 e. The summed E-state index contributed by atoms with van der Waals surface area (Å²) in [6.07, 6.45) is 5.98. The Balaban J connectivity index is 1.70. The van der Waals surface area contributed by atoms with E-state index in [2.05, 4.69) is 15.3 Å². The first-order chi connectivity index (χ1) is 12.4. The van der Waals surface area contributed by atoms with Gasteiger partial charge in [-0.25, -0.2) is 18.4 Å². The number of carbonyl (C=O) groups is 1. The third-order valence-corrected chi connectivity index (χ3v) is 6.25. The number of anilines is 1. The number of sulfonamides is 1. The first-order valence-electron chi connectivity index (χ1n) is 8.65. The lowest BCUT2D eigenvalue weighted by Gasteiger charge is -2.30. The van der Waals surface area contributed by atoms with Crippen LogP contribution in [-0.4, -0.2) is 46.3 Å². The molecule has 0 radical (unpaired) electrons. The molecule has 9 heteroatoms. The van der Waals surface area contributed by atoms with Crippen molar-refractivity contribution in [3.63, 3.8) is 0 Å². The second-order valence-corrected chi connectivity index (χ2v) is 8.34. The van der Waals surface area contributed by atoms with Crippen molar-refractivity contribution in [2.45, 2.75) is 38.3 Å². The summed E-state index contributed by atoms with van der Waals surface area (Å²) in [5, 5.41) is 2.80. The van der Waals surface area contributed by atoms with Gasteiger partial charge in [0.25, 0.3) is 10.0 Å². The Morgan fingerprint density at radius 3 is 2.81 bits per heavy atom. The van der Waals surface area contributed by atoms with E-state index >= 15 is 0 Å². The van der Waals surface area contributed by atoms with Gasteiger partial charge in [-0.1, -0.05) is 6.07 Å². The quantitative estimate of drug-likeness (QED) is 0.854. The van der Waals surface area contributed by atoms with Crippen LogP contribution in [-0.2, 0) is 21.4 Å². The average molecular weight is 377 g/mol. The first kappa shape index (κ1) is 18.5. The number of rotatable bonds is 5. The van der Waals surface area contributed by atoms with Crippen molar-refractivity contribution in [3.05, 3.63) is 36.4 Å². The molecule has 1 amide bonds. The van der Waals surface area contributed by atoms with Gasteiger partial charge in [0.05, 0.1) is 12.2 Å². The third-order valence-electron chi connectivity index (χ3n) is 4.50. The molecule has 0 saturated carbocycles. The van der Waals surface area contributed by atoms with E-state index in [1.807, 2.05) is 19.9 Å². The predicted molar refractivity (Wildman–Crippen MR) is 97.0 cm³/mol. The minimum absolute atomic E-state index is 0.0283. The Bertz CT molecular complexity index is 876. The van der Waals surface area contributed by atoms with E-state index in [-0.39, 0.29) is 17.5 Å². The van der Waals surface area contributed by atoms with E-state index < -0.39 is 15.9 Å². The van der Waals surface area contributed by atoms with Gasteiger partial charge < -0.3 is 9.88 Å². The molecule has 1 N–H and O–H groups in total. The third kappa shape index (κ3) is 3.94. The summed E-state index contributed by atoms with van der Waals surface area (Å²) in [6, 6.07) is 3.60. The molecule has 0 unspecified atom stereocenters. The number of hydrogen-bond acceptors (Lipinski definition) is 5. The van der Waals surface area contributed by atoms with Crippen LogP contribution < -0.4 is 5.32 Å². The van der Waals surface area contributed by atoms with Gasteiger partial charge in [-0.05, 0) is 38.3 Å². The molecule has 0 aromatic carbocycles. The lowest BCUT2D eigenvalue weighted by Crippen LogP contribution is -2.43. The maximum absolute atomic E-state index is 12.8. The predicted octanol–water partition coefficient (Wildman–Crippen LogP) is 1.65. The molecule has 1 fully saturated rings. The number of nitrogens with one attached hydrogen (secondary N) is 1. The summed E-state index contributed by atoms with van der Waals surface area (Å²) in [6.45, 7) is 5.03. The van der Waals surface area contributed by atoms with Crippen molar-refractivity contribution in [1.82, 2.24) is 18.8 Å². The highest BCUT2D eigenvalue weighted by atomic mass is 32.2. The normalized spacial score (nSPS) is 18.6. The SMILES string of the molecule is CCn1cnc(S(=O)(=O)N2CCC[C@H](C(=O)Nc3ccc(C)cn3)C2)c1. The summed E-state index contributed by atoms with van der Waals surface area (Å²) in [5.41, 5.74) is 1.00. The maximum Gasteiger partial charge on any atom is 0.262 e. The average Bonchev–Trinajstić information content (AvgIpc) is 3.14. The van der Waals surface area contributed by atoms with Gasteiger partial charge in [-0.3, -0.25) is 4.79 Å². The standard InChI is InChI=1S/C17H23N5O3S/c1-3-21-11-16(19-12-21)26(24,25)22-8-4-5-14(10-22)17(23)20-15-7-6-13(2)9-18-15/h6-7,9,11-12,14H,3-5,8,10H2,1-2H3,(H,18,20,23)/t14-/m0/s1. The van der Waals surface area contributed by atoms with Gasteiger partial charge in [-0.2, -0.15) is 4.31 Å². The van der Waals surface area contributed by atoms with Crippen LogP contribution in [0.25, 0.3) is 0 Å². The van der Waals surface area contributed by atoms with Crippen molar-refractivity contribution in [3.8, 4) is 0 Å². The fraction of sp³-hybridized carbons (Fsp3) is 0.471. The highest BCUT2D eigenvalue weighted by Crippen LogP contribution is 2.24. The van der Waals surface area contributed by atoms with Gasteiger partial charge in [0, 0.05) is 32.0 Å². The van der Waals surface area contributed by atoms with E-state index in [9.17, 15) is 13.2 Å². The van der Waals surface area contributed by atoms with Crippen LogP contribution >= 0.6 is 0 Å². The van der Waals surface area contributed by atoms with Crippen molar-refractivity contribution in [2.75, 3.05) is 18.4 Å². The van der Waals surface area contributed by atoms with E-state index in [0.29, 0.717) is 31.7 Å². The van der Waals surface area contributed by atoms with Crippen LogP contribution in [0.15, 0.2) is 35.9 Å². The molecular formula is C17H23N5O3S. The smallest absolute Gasteiger partial charge is 0.262 e. The molecule has 1 aliphatic rings. The molecule has 0 aliphatic carbocycles. The molecule has 0 spiro atoms. The topological polar surface area (TPSA) is 97.2 Å². The molecule has 3 heterocycles. The molecule has 140 valence electrons. The van der Waals surface area contributed by atoms with Gasteiger partial charge in [0.1, 0.15) is 5.82 Å². The number of hydrogen-bond donors (Lipinski definition) is 1. The molecule has 8 nitrogen and oxygen atoms in total. The Morgan fingerprint density at radius 2 is 2.15 bits per heavy atom. The number of imidazole rings is 1. The van der Waals surface area contributed by atoms with Crippen molar-refractivity contribution < 1.29 is 13.2 Å². The maximum atomic E-state index is 12.8. The number of pyridine rings is 1. The number of carbonyl (C=O) groups excluding carboxylic acids is 1. The molecule has 1 atom stereocenters. The van der Waals surface area contributed by atoms with Crippen LogP contribution in [0.1, 0.15) is 25.3 Å². The Hall–Kier alpha value is -2.26. The second kappa shape index (κ2) is 7.55. The van der Waals surface area contributed by atoms with E-state index in [1.54, 1.807) is 16.8 Å². The summed E-state index contributed by atoms with van der Waals surface area (Å²) in [4.78, 5) is 20.7. The molecule has 0 bridgehead atoms. The Morgan fingerprint density at radius 1 is 1.35 bits per heavy atom. The monoisotopic (exact) mass is 377 g/mol. The minimum Gasteiger partial charge on any atom is -0.336 e. The number of amides is 1. The zero-order valence-electron chi connectivity index (χ0n) is 14.9. The summed E-state index contributed by atoms with van der Waals surface area (Å²) in [5.74, 6) is -0.141. The van der Waals surface area contributed by atoms with Crippen molar-refractivity contribution in [1.29, 1.82) is 0 Å². The summed E-state index contributed by atoms with van der Waals surface area (Å²) >= 11 is 0. The Kier molecular flexibility index (Phi) is 5.38. The fourth-order valence-electron chi connectivity index (χ4n) is 2.92. The van der Waals surface area contributed by atoms with Crippen LogP contribution in [0, 0.1) is 12.8 Å². The zero-order chi connectivity index (χ0) is 18.7. The molecular weight excluding hydrogens is 354 g/mol. The van der Waals surface area contributed by atoms with Crippen LogP contribution in [0.3, 0.4) is 0 Å². The molecule has 1 aliphatic heterocycles. The lowest BCUT2D eigenvalue weighted by molar-refractivity contribution is -0.120. The van der Waals surface area contributed by atoms with Crippen LogP contribution in [0.5, 0.6) is 0 Å². The van der Waals surface area contributed by atoms with Crippen molar-refractivity contribution >= 4 is 21.7 Å². The molecule has 2 aromatic rings. The number of nitrogens with zero attached hydrogens (tertiary/aromatic N) is 4. The number of piperidine rings is 1. The summed E-state index contributed by atoms with van der Waals surface area (Å²) in [7, 11) is -3.69. The van der Waals surface area contributed by atoms with E-state index in [4.69, 9.17) is 0 Å². The second-order valence-electron chi connectivity index (χ2n) is 6.45. The van der Waals surface area contributed by atoms with Crippen LogP contribution in [0.2, 0.25) is 0 Å². The van der Waals surface area contributed by atoms with Gasteiger partial charge in [-0.15, -0.1) is 0 Å². The van der Waals surface area contributed by atoms with Crippen molar-refractivity contribution in [2.24, 2.45) is 5.92 Å². The zero-order valence-corrected chi connectivity index (χ0v) is 15.7. The number of aromatic nitrogens is 3. The van der Waals surface area contributed by atoms with Gasteiger partial charge in [0.15, 0.2) is 5.03 Å². The molecule has 2 aromatic heterocycles. The molecule has 3 rings (SSSR count). The van der Waals surface area contributed by atoms with Crippen LogP contribution in [0.4, 0.5) is 5.82 Å². The van der Waals surface area contributed by atoms with E-state index in [1.165, 1.54) is 16.8 Å². The van der Waals surface area contributed by atoms with Gasteiger partial charge >= 0.3 is 0 Å². The molecule has 1 saturated heterocycles. The number of aryl methyl sites for hydroxylation is 2. The lowest BCUT2D eigenvalue weighted by atomic mass is 9.99. The Labute approximate surface area is 153 Å². The van der Waals surface area contributed by atoms with Gasteiger partial charge in [0.2, 0.25) is 5.91 Å². The summed E-state index contributed by atoms with van der Waals surface area (Å²) < 4.78 is 28.6. The molecule has 26 heavy (non-hydrogen) atoms. The van der Waals surface area contributed by atoms with E-state index in [0.717, 1.165) is 5.56 Å². The highest BCUT2D eigenvalue weighted by Gasteiger charge is 2.34. The highest BCUT2D eigenvalue weighted by molar-refractivity contribution is 7.89. The minimum atomic E-state index is -3.69. The fourth-order valence-corrected chi connectivity index (χ4v) is 4.38.